The third kappa shape index (κ3) is 2.35. The lowest BCUT2D eigenvalue weighted by Gasteiger charge is -2.13. The van der Waals surface area contributed by atoms with E-state index in [0.717, 1.165) is 27.4 Å². The Labute approximate surface area is 132 Å². The summed E-state index contributed by atoms with van der Waals surface area (Å²) in [5.41, 5.74) is 8.20. The number of rotatable bonds is 3. The Morgan fingerprint density at radius 1 is 1.40 bits per heavy atom. The highest BCUT2D eigenvalue weighted by Gasteiger charge is 2.31. The highest BCUT2D eigenvalue weighted by atomic mass is 79.9. The lowest BCUT2D eigenvalue weighted by molar-refractivity contribution is 0.576. The van der Waals surface area contributed by atoms with Crippen LogP contribution in [0.4, 0.5) is 5.82 Å². The summed E-state index contributed by atoms with van der Waals surface area (Å²) in [4.78, 5) is 4.81. The standard InChI is InChI=1S/C15H17BrClN3/c1-8(2)20-14(18)13(19-15(20)9-3-4-9)10-5-6-12(17)11(16)7-10/h5-9H,3-4,18H2,1-2H3. The fraction of sp³-hybridized carbons (Fsp3) is 0.400. The molecule has 3 rings (SSSR count). The van der Waals surface area contributed by atoms with Crippen LogP contribution in [0.5, 0.6) is 0 Å². The van der Waals surface area contributed by atoms with Crippen LogP contribution >= 0.6 is 27.5 Å². The molecular weight excluding hydrogens is 338 g/mol. The van der Waals surface area contributed by atoms with Gasteiger partial charge in [0.2, 0.25) is 0 Å². The Bertz CT molecular complexity index is 659. The second-order valence-corrected chi connectivity index (χ2v) is 6.83. The van der Waals surface area contributed by atoms with Crippen molar-refractivity contribution in [2.75, 3.05) is 5.73 Å². The van der Waals surface area contributed by atoms with Gasteiger partial charge in [-0.05, 0) is 54.8 Å². The van der Waals surface area contributed by atoms with E-state index in [-0.39, 0.29) is 0 Å². The van der Waals surface area contributed by atoms with Gasteiger partial charge < -0.3 is 10.3 Å². The lowest BCUT2D eigenvalue weighted by atomic mass is 10.1. The normalized spacial score (nSPS) is 15.1. The first-order valence-electron chi connectivity index (χ1n) is 6.82. The Morgan fingerprint density at radius 3 is 2.65 bits per heavy atom. The summed E-state index contributed by atoms with van der Waals surface area (Å²) in [6.45, 7) is 4.29. The summed E-state index contributed by atoms with van der Waals surface area (Å²) in [6, 6.07) is 6.13. The van der Waals surface area contributed by atoms with Gasteiger partial charge in [-0.25, -0.2) is 4.98 Å². The molecule has 1 saturated carbocycles. The van der Waals surface area contributed by atoms with Crippen molar-refractivity contribution in [3.8, 4) is 11.3 Å². The molecule has 1 aliphatic rings. The van der Waals surface area contributed by atoms with Crippen molar-refractivity contribution in [2.24, 2.45) is 0 Å². The van der Waals surface area contributed by atoms with E-state index >= 15 is 0 Å². The average molecular weight is 355 g/mol. The predicted molar refractivity (Wildman–Crippen MR) is 87.1 cm³/mol. The summed E-state index contributed by atoms with van der Waals surface area (Å²) in [5, 5.41) is 0.693. The largest absolute Gasteiger partial charge is 0.383 e. The third-order valence-electron chi connectivity index (χ3n) is 3.63. The number of anilines is 1. The first kappa shape index (κ1) is 14.0. The third-order valence-corrected chi connectivity index (χ3v) is 4.84. The number of hydrogen-bond acceptors (Lipinski definition) is 2. The molecule has 0 spiro atoms. The minimum Gasteiger partial charge on any atom is -0.383 e. The summed E-state index contributed by atoms with van der Waals surface area (Å²) in [7, 11) is 0. The van der Waals surface area contributed by atoms with Crippen LogP contribution in [0.2, 0.25) is 5.02 Å². The van der Waals surface area contributed by atoms with Crippen LogP contribution in [-0.4, -0.2) is 9.55 Å². The van der Waals surface area contributed by atoms with Crippen molar-refractivity contribution in [2.45, 2.75) is 38.6 Å². The van der Waals surface area contributed by atoms with E-state index < -0.39 is 0 Å². The fourth-order valence-electron chi connectivity index (χ4n) is 2.49. The van der Waals surface area contributed by atoms with Crippen LogP contribution < -0.4 is 5.73 Å². The highest BCUT2D eigenvalue weighted by molar-refractivity contribution is 9.10. The number of halogens is 2. The van der Waals surface area contributed by atoms with E-state index in [1.54, 1.807) is 0 Å². The zero-order chi connectivity index (χ0) is 14.4. The first-order chi connectivity index (χ1) is 9.49. The molecule has 0 saturated heterocycles. The maximum absolute atomic E-state index is 6.34. The Kier molecular flexibility index (Phi) is 3.55. The van der Waals surface area contributed by atoms with E-state index in [1.165, 1.54) is 12.8 Å². The molecule has 0 aliphatic heterocycles. The van der Waals surface area contributed by atoms with Crippen LogP contribution in [0, 0.1) is 0 Å². The summed E-state index contributed by atoms with van der Waals surface area (Å²) >= 11 is 9.51. The number of nitrogen functional groups attached to an aromatic ring is 1. The molecule has 2 N–H and O–H groups in total. The molecule has 106 valence electrons. The number of hydrogen-bond donors (Lipinski definition) is 1. The summed E-state index contributed by atoms with van der Waals surface area (Å²) in [6.07, 6.45) is 2.43. The van der Waals surface area contributed by atoms with Gasteiger partial charge >= 0.3 is 0 Å². The van der Waals surface area contributed by atoms with E-state index in [4.69, 9.17) is 22.3 Å². The highest BCUT2D eigenvalue weighted by Crippen LogP contribution is 2.43. The molecule has 0 radical (unpaired) electrons. The molecule has 1 aliphatic carbocycles. The topological polar surface area (TPSA) is 43.8 Å². The van der Waals surface area contributed by atoms with Crippen molar-refractivity contribution in [1.29, 1.82) is 0 Å². The Hall–Kier alpha value is -1.00. The van der Waals surface area contributed by atoms with Crippen LogP contribution in [0.25, 0.3) is 11.3 Å². The number of nitrogens with two attached hydrogens (primary N) is 1. The molecule has 3 nitrogen and oxygen atoms in total. The zero-order valence-corrected chi connectivity index (χ0v) is 13.9. The van der Waals surface area contributed by atoms with Gasteiger partial charge in [0.05, 0.1) is 5.02 Å². The monoisotopic (exact) mass is 353 g/mol. The second kappa shape index (κ2) is 5.08. The van der Waals surface area contributed by atoms with Gasteiger partial charge in [-0.1, -0.05) is 17.7 Å². The molecule has 0 amide bonds. The first-order valence-corrected chi connectivity index (χ1v) is 7.99. The zero-order valence-electron chi connectivity index (χ0n) is 11.5. The molecule has 0 unspecified atom stereocenters. The van der Waals surface area contributed by atoms with Gasteiger partial charge in [-0.2, -0.15) is 0 Å². The van der Waals surface area contributed by atoms with Gasteiger partial charge in [-0.3, -0.25) is 0 Å². The van der Waals surface area contributed by atoms with E-state index in [2.05, 4.69) is 34.3 Å². The van der Waals surface area contributed by atoms with Crippen molar-refractivity contribution in [3.63, 3.8) is 0 Å². The molecule has 0 bridgehead atoms. The Morgan fingerprint density at radius 2 is 2.10 bits per heavy atom. The van der Waals surface area contributed by atoms with E-state index in [9.17, 15) is 0 Å². The molecule has 5 heteroatoms. The van der Waals surface area contributed by atoms with Gasteiger partial charge in [0.15, 0.2) is 0 Å². The second-order valence-electron chi connectivity index (χ2n) is 5.57. The predicted octanol–water partition coefficient (Wildman–Crippen LogP) is 5.01. The average Bonchev–Trinajstić information content (AvgIpc) is 3.16. The van der Waals surface area contributed by atoms with E-state index in [0.29, 0.717) is 17.0 Å². The van der Waals surface area contributed by atoms with Crippen molar-refractivity contribution >= 4 is 33.3 Å². The fourth-order valence-corrected chi connectivity index (χ4v) is 2.99. The number of imidazole rings is 1. The van der Waals surface area contributed by atoms with Gasteiger partial charge in [0.25, 0.3) is 0 Å². The van der Waals surface area contributed by atoms with Crippen molar-refractivity contribution in [1.82, 2.24) is 9.55 Å². The van der Waals surface area contributed by atoms with Crippen LogP contribution in [0.1, 0.15) is 44.5 Å². The van der Waals surface area contributed by atoms with E-state index in [1.807, 2.05) is 18.2 Å². The molecule has 1 heterocycles. The summed E-state index contributed by atoms with van der Waals surface area (Å²) < 4.78 is 3.03. The van der Waals surface area contributed by atoms with Gasteiger partial charge in [0.1, 0.15) is 17.3 Å². The van der Waals surface area contributed by atoms with Crippen molar-refractivity contribution in [3.05, 3.63) is 33.5 Å². The number of nitrogens with zero attached hydrogens (tertiary/aromatic N) is 2. The smallest absolute Gasteiger partial charge is 0.131 e. The minimum atomic E-state index is 0.322. The number of aromatic nitrogens is 2. The SMILES string of the molecule is CC(C)n1c(C2CC2)nc(-c2ccc(Cl)c(Br)c2)c1N. The molecule has 2 aromatic rings. The maximum Gasteiger partial charge on any atom is 0.131 e. The van der Waals surface area contributed by atoms with Crippen LogP contribution in [-0.2, 0) is 0 Å². The van der Waals surface area contributed by atoms with Crippen LogP contribution in [0.15, 0.2) is 22.7 Å². The van der Waals surface area contributed by atoms with Crippen molar-refractivity contribution < 1.29 is 0 Å². The lowest BCUT2D eigenvalue weighted by Crippen LogP contribution is -2.08. The molecule has 1 aromatic carbocycles. The van der Waals surface area contributed by atoms with Gasteiger partial charge in [0, 0.05) is 22.0 Å². The quantitative estimate of drug-likeness (QED) is 0.842. The Balaban J connectivity index is 2.13. The molecular formula is C15H17BrClN3. The molecule has 1 aromatic heterocycles. The minimum absolute atomic E-state index is 0.322. The van der Waals surface area contributed by atoms with Gasteiger partial charge in [-0.15, -0.1) is 0 Å². The number of benzene rings is 1. The molecule has 1 fully saturated rings. The summed E-state index contributed by atoms with van der Waals surface area (Å²) in [5.74, 6) is 2.44. The van der Waals surface area contributed by atoms with Crippen LogP contribution in [0.3, 0.4) is 0 Å². The maximum atomic E-state index is 6.34. The molecule has 20 heavy (non-hydrogen) atoms. The molecule has 0 atom stereocenters.